The van der Waals surface area contributed by atoms with Crippen molar-refractivity contribution in [1.82, 2.24) is 5.32 Å². The molecule has 0 spiro atoms. The molecule has 170 valence electrons. The number of para-hydroxylation sites is 1. The smallest absolute Gasteiger partial charge is 0.183 e. The number of ether oxygens (including phenoxy) is 1. The van der Waals surface area contributed by atoms with Crippen LogP contribution >= 0.6 is 0 Å². The third-order valence-corrected chi connectivity index (χ3v) is 9.91. The number of hydrogen-bond acceptors (Lipinski definition) is 6. The average Bonchev–Trinajstić information content (AvgIpc) is 3.03. The minimum Gasteiger partial charge on any atom is -0.496 e. The molecule has 2 aromatic carbocycles. The van der Waals surface area contributed by atoms with Crippen LogP contribution in [0, 0.1) is 0 Å². The average molecular weight is 466 g/mol. The first-order valence-corrected chi connectivity index (χ1v) is 13.7. The van der Waals surface area contributed by atoms with Gasteiger partial charge in [0.2, 0.25) is 0 Å². The Balaban J connectivity index is 1.78. The minimum atomic E-state index is -3.80. The van der Waals surface area contributed by atoms with Crippen molar-refractivity contribution in [3.63, 3.8) is 0 Å². The topological polar surface area (TPSA) is 89.5 Å². The lowest BCUT2D eigenvalue weighted by Gasteiger charge is -2.22. The second kappa shape index (κ2) is 8.92. The lowest BCUT2D eigenvalue weighted by Crippen LogP contribution is -2.44. The Bertz CT molecular complexity index is 1120. The molecule has 2 atom stereocenters. The molecule has 0 aliphatic carbocycles. The van der Waals surface area contributed by atoms with Crippen molar-refractivity contribution < 1.29 is 21.6 Å². The van der Waals surface area contributed by atoms with Crippen molar-refractivity contribution >= 4 is 19.7 Å². The van der Waals surface area contributed by atoms with E-state index in [-0.39, 0.29) is 21.8 Å². The summed E-state index contributed by atoms with van der Waals surface area (Å²) in [4.78, 5) is 0.166. The predicted molar refractivity (Wildman–Crippen MR) is 123 cm³/mol. The highest BCUT2D eigenvalue weighted by atomic mass is 32.2. The number of hydrogen-bond donors (Lipinski definition) is 1. The Kier molecular flexibility index (Phi) is 6.84. The molecule has 1 heterocycles. The van der Waals surface area contributed by atoms with Crippen molar-refractivity contribution in [3.05, 3.63) is 59.7 Å². The zero-order valence-electron chi connectivity index (χ0n) is 18.5. The molecule has 8 heteroatoms. The normalized spacial score (nSPS) is 21.2. The van der Waals surface area contributed by atoms with E-state index in [0.717, 1.165) is 16.9 Å². The molecule has 0 bridgehead atoms. The van der Waals surface area contributed by atoms with Crippen LogP contribution in [0.4, 0.5) is 0 Å². The highest BCUT2D eigenvalue weighted by Gasteiger charge is 2.45. The van der Waals surface area contributed by atoms with Gasteiger partial charge in [0.25, 0.3) is 0 Å². The molecule has 6 nitrogen and oxygen atoms in total. The van der Waals surface area contributed by atoms with Crippen LogP contribution < -0.4 is 10.1 Å². The number of methoxy groups -OCH3 is 1. The zero-order chi connectivity index (χ0) is 22.9. The van der Waals surface area contributed by atoms with Crippen molar-refractivity contribution in [3.8, 4) is 5.75 Å². The Hall–Kier alpha value is -1.90. The highest BCUT2D eigenvalue weighted by Crippen LogP contribution is 2.29. The molecule has 1 fully saturated rings. The van der Waals surface area contributed by atoms with Crippen molar-refractivity contribution in [2.45, 2.75) is 48.8 Å². The number of rotatable bonds is 7. The third kappa shape index (κ3) is 5.48. The molecule has 3 rings (SSSR count). The van der Waals surface area contributed by atoms with Crippen LogP contribution in [-0.4, -0.2) is 53.3 Å². The molecule has 31 heavy (non-hydrogen) atoms. The molecule has 0 saturated carbocycles. The van der Waals surface area contributed by atoms with Gasteiger partial charge in [-0.2, -0.15) is 0 Å². The van der Waals surface area contributed by atoms with Crippen molar-refractivity contribution in [1.29, 1.82) is 0 Å². The van der Waals surface area contributed by atoms with Crippen LogP contribution in [0.15, 0.2) is 53.4 Å². The standard InChI is InChI=1S/C23H31NO5S2/c1-23(2,3)18-9-11-19(12-10-18)31(27,28)22-16-30(25,26)15-20(22)24-14-13-17-7-5-6-8-21(17)29-4/h5-12,20,22,24H,13-16H2,1-4H3/t20-,22-/m0/s1. The maximum Gasteiger partial charge on any atom is 0.183 e. The Morgan fingerprint density at radius 1 is 1.03 bits per heavy atom. The molecule has 1 N–H and O–H groups in total. The highest BCUT2D eigenvalue weighted by molar-refractivity contribution is 7.96. The van der Waals surface area contributed by atoms with Gasteiger partial charge in [-0.05, 0) is 47.7 Å². The second-order valence-corrected chi connectivity index (χ2v) is 13.4. The van der Waals surface area contributed by atoms with E-state index in [1.54, 1.807) is 31.4 Å². The molecule has 1 saturated heterocycles. The summed E-state index contributed by atoms with van der Waals surface area (Å²) in [6.07, 6.45) is 0.605. The lowest BCUT2D eigenvalue weighted by molar-refractivity contribution is 0.408. The van der Waals surface area contributed by atoms with Gasteiger partial charge in [0.05, 0.1) is 28.8 Å². The fourth-order valence-electron chi connectivity index (χ4n) is 3.93. The van der Waals surface area contributed by atoms with E-state index in [2.05, 4.69) is 26.1 Å². The van der Waals surface area contributed by atoms with Gasteiger partial charge < -0.3 is 10.1 Å². The summed E-state index contributed by atoms with van der Waals surface area (Å²) in [5.41, 5.74) is 1.91. The second-order valence-electron chi connectivity index (χ2n) is 9.06. The van der Waals surface area contributed by atoms with E-state index in [1.165, 1.54) is 0 Å². The fraction of sp³-hybridized carbons (Fsp3) is 0.478. The number of sulfone groups is 2. The van der Waals surface area contributed by atoms with Crippen LogP contribution in [0.3, 0.4) is 0 Å². The molecule has 1 aliphatic heterocycles. The summed E-state index contributed by atoms with van der Waals surface area (Å²) >= 11 is 0. The van der Waals surface area contributed by atoms with E-state index >= 15 is 0 Å². The van der Waals surface area contributed by atoms with Crippen molar-refractivity contribution in [2.75, 3.05) is 25.2 Å². The summed E-state index contributed by atoms with van der Waals surface area (Å²) in [7, 11) is -5.64. The quantitative estimate of drug-likeness (QED) is 0.676. The predicted octanol–water partition coefficient (Wildman–Crippen LogP) is 2.76. The number of benzene rings is 2. The van der Waals surface area contributed by atoms with E-state index in [4.69, 9.17) is 4.74 Å². The van der Waals surface area contributed by atoms with Gasteiger partial charge in [-0.15, -0.1) is 0 Å². The van der Waals surface area contributed by atoms with Gasteiger partial charge in [0.1, 0.15) is 5.75 Å². The van der Waals surface area contributed by atoms with Gasteiger partial charge in [-0.1, -0.05) is 51.1 Å². The SMILES string of the molecule is COc1ccccc1CCN[C@H]1CS(=O)(=O)C[C@@H]1S(=O)(=O)c1ccc(C(C)(C)C)cc1. The van der Waals surface area contributed by atoms with E-state index in [9.17, 15) is 16.8 Å². The monoisotopic (exact) mass is 465 g/mol. The first-order valence-electron chi connectivity index (χ1n) is 10.3. The minimum absolute atomic E-state index is 0.0957. The van der Waals surface area contributed by atoms with Crippen LogP contribution in [-0.2, 0) is 31.5 Å². The van der Waals surface area contributed by atoms with Crippen LogP contribution in [0.25, 0.3) is 0 Å². The largest absolute Gasteiger partial charge is 0.496 e. The van der Waals surface area contributed by atoms with Gasteiger partial charge in [0.15, 0.2) is 19.7 Å². The Labute approximate surface area is 185 Å². The van der Waals surface area contributed by atoms with Crippen LogP contribution in [0.2, 0.25) is 0 Å². The Morgan fingerprint density at radius 3 is 2.29 bits per heavy atom. The molecule has 0 amide bonds. The summed E-state index contributed by atoms with van der Waals surface area (Å²) in [5, 5.41) is 2.18. The molecule has 2 aromatic rings. The van der Waals surface area contributed by atoms with Gasteiger partial charge >= 0.3 is 0 Å². The van der Waals surface area contributed by atoms with Gasteiger partial charge in [-0.25, -0.2) is 16.8 Å². The molecular weight excluding hydrogens is 434 g/mol. The van der Waals surface area contributed by atoms with Crippen molar-refractivity contribution in [2.24, 2.45) is 0 Å². The summed E-state index contributed by atoms with van der Waals surface area (Å²) in [6, 6.07) is 13.7. The molecule has 0 radical (unpaired) electrons. The lowest BCUT2D eigenvalue weighted by atomic mass is 9.87. The van der Waals surface area contributed by atoms with Gasteiger partial charge in [-0.3, -0.25) is 0 Å². The summed E-state index contributed by atoms with van der Waals surface area (Å²) < 4.78 is 56.6. The molecular formula is C23H31NO5S2. The van der Waals surface area contributed by atoms with E-state index in [0.29, 0.717) is 13.0 Å². The molecule has 1 aliphatic rings. The Morgan fingerprint density at radius 2 is 1.68 bits per heavy atom. The number of nitrogens with one attached hydrogen (secondary N) is 1. The van der Waals surface area contributed by atoms with Crippen LogP contribution in [0.1, 0.15) is 31.9 Å². The van der Waals surface area contributed by atoms with E-state index < -0.39 is 31.0 Å². The first kappa shape index (κ1) is 23.8. The summed E-state index contributed by atoms with van der Waals surface area (Å²) in [5.74, 6) is 0.220. The third-order valence-electron chi connectivity index (χ3n) is 5.74. The first-order chi connectivity index (χ1) is 14.4. The maximum absolute atomic E-state index is 13.3. The zero-order valence-corrected chi connectivity index (χ0v) is 20.1. The van der Waals surface area contributed by atoms with E-state index in [1.807, 2.05) is 24.3 Å². The molecule has 0 unspecified atom stereocenters. The van der Waals surface area contributed by atoms with Crippen LogP contribution in [0.5, 0.6) is 5.75 Å². The fourth-order valence-corrected chi connectivity index (χ4v) is 8.65. The maximum atomic E-state index is 13.3. The summed E-state index contributed by atoms with van der Waals surface area (Å²) in [6.45, 7) is 6.63. The van der Waals surface area contributed by atoms with Gasteiger partial charge in [0, 0.05) is 6.04 Å². The molecule has 0 aromatic heterocycles.